The first-order chi connectivity index (χ1) is 25.2. The molecule has 0 amide bonds. The van der Waals surface area contributed by atoms with E-state index in [0.717, 1.165) is 61.0 Å². The zero-order valence-electron chi connectivity index (χ0n) is 27.6. The molecule has 0 bridgehead atoms. The molecule has 10 rings (SSSR count). The second-order valence-electron chi connectivity index (χ2n) is 13.0. The number of rotatable bonds is 5. The first-order valence-corrected chi connectivity index (χ1v) is 17.3. The molecule has 1 N–H and O–H groups in total. The van der Waals surface area contributed by atoms with Gasteiger partial charge in [0.1, 0.15) is 23.2 Å². The molecule has 8 aromatic carbocycles. The van der Waals surface area contributed by atoms with E-state index in [0.29, 0.717) is 5.84 Å². The van der Waals surface area contributed by atoms with Gasteiger partial charge in [-0.25, -0.2) is 9.98 Å². The van der Waals surface area contributed by atoms with Crippen LogP contribution in [0.4, 0.5) is 0 Å². The molecule has 4 nitrogen and oxygen atoms in total. The van der Waals surface area contributed by atoms with Gasteiger partial charge in [-0.3, -0.25) is 0 Å². The summed E-state index contributed by atoms with van der Waals surface area (Å²) in [5.74, 6) is 1.44. The molecular formula is C47H31N3O. The number of fused-ring (bicyclic) bond motifs is 5. The lowest BCUT2D eigenvalue weighted by molar-refractivity contribution is 0.668. The normalized spacial score (nSPS) is 14.5. The maximum absolute atomic E-state index is 6.54. The molecule has 0 spiro atoms. The third-order valence-electron chi connectivity index (χ3n) is 9.92. The van der Waals surface area contributed by atoms with Gasteiger partial charge in [0.25, 0.3) is 0 Å². The van der Waals surface area contributed by atoms with Crippen molar-refractivity contribution in [1.29, 1.82) is 0 Å². The van der Waals surface area contributed by atoms with Gasteiger partial charge >= 0.3 is 0 Å². The summed E-state index contributed by atoms with van der Waals surface area (Å²) in [6.07, 6.45) is -0.350. The Morgan fingerprint density at radius 1 is 0.431 bits per heavy atom. The monoisotopic (exact) mass is 653 g/mol. The number of furan rings is 1. The SMILES string of the molecule is c1ccc(-c2ccc(C3N=C(c4cccc5oc6cccc(-c7ccc8ccccc8c7)c6c45)N=C(c4ccc5ccccc5c4)N3)cc2)cc1. The van der Waals surface area contributed by atoms with Crippen LogP contribution in [0.5, 0.6) is 0 Å². The van der Waals surface area contributed by atoms with Crippen molar-refractivity contribution in [1.82, 2.24) is 5.32 Å². The van der Waals surface area contributed by atoms with Crippen LogP contribution in [0.25, 0.3) is 65.7 Å². The molecule has 1 aliphatic rings. The van der Waals surface area contributed by atoms with Gasteiger partial charge in [0.15, 0.2) is 5.84 Å². The van der Waals surface area contributed by atoms with E-state index in [9.17, 15) is 0 Å². The molecule has 0 saturated heterocycles. The van der Waals surface area contributed by atoms with Crippen molar-refractivity contribution < 1.29 is 4.42 Å². The number of nitrogens with zero attached hydrogens (tertiary/aromatic N) is 2. The van der Waals surface area contributed by atoms with Gasteiger partial charge in [-0.1, -0.05) is 152 Å². The van der Waals surface area contributed by atoms with E-state index in [2.05, 4.69) is 163 Å². The second kappa shape index (κ2) is 12.0. The van der Waals surface area contributed by atoms with Crippen molar-refractivity contribution in [2.24, 2.45) is 9.98 Å². The third-order valence-corrected chi connectivity index (χ3v) is 9.92. The molecular weight excluding hydrogens is 623 g/mol. The summed E-state index contributed by atoms with van der Waals surface area (Å²) in [6.45, 7) is 0. The van der Waals surface area contributed by atoms with Crippen LogP contribution < -0.4 is 5.32 Å². The van der Waals surface area contributed by atoms with Gasteiger partial charge in [-0.05, 0) is 73.6 Å². The predicted octanol–water partition coefficient (Wildman–Crippen LogP) is 11.7. The summed E-state index contributed by atoms with van der Waals surface area (Å²) in [6, 6.07) is 61.7. The fourth-order valence-corrected chi connectivity index (χ4v) is 7.36. The fraction of sp³-hybridized carbons (Fsp3) is 0.0213. The van der Waals surface area contributed by atoms with Crippen molar-refractivity contribution in [3.63, 3.8) is 0 Å². The Kier molecular flexibility index (Phi) is 6.85. The number of hydrogen-bond acceptors (Lipinski definition) is 4. The highest BCUT2D eigenvalue weighted by Gasteiger charge is 2.25. The Balaban J connectivity index is 1.16. The van der Waals surface area contributed by atoms with Crippen LogP contribution in [0, 0.1) is 0 Å². The molecule has 1 atom stereocenters. The smallest absolute Gasteiger partial charge is 0.160 e. The molecule has 4 heteroatoms. The largest absolute Gasteiger partial charge is 0.456 e. The van der Waals surface area contributed by atoms with Crippen molar-refractivity contribution in [3.8, 4) is 22.3 Å². The van der Waals surface area contributed by atoms with Crippen molar-refractivity contribution >= 4 is 55.2 Å². The topological polar surface area (TPSA) is 49.9 Å². The van der Waals surface area contributed by atoms with Crippen LogP contribution in [-0.4, -0.2) is 11.7 Å². The summed E-state index contributed by atoms with van der Waals surface area (Å²) in [4.78, 5) is 10.6. The first kappa shape index (κ1) is 29.2. The summed E-state index contributed by atoms with van der Waals surface area (Å²) >= 11 is 0. The van der Waals surface area contributed by atoms with Gasteiger partial charge in [-0.2, -0.15) is 0 Å². The number of benzene rings is 8. The Morgan fingerprint density at radius 2 is 0.980 bits per heavy atom. The van der Waals surface area contributed by atoms with Gasteiger partial charge in [0.2, 0.25) is 0 Å². The average molecular weight is 654 g/mol. The van der Waals surface area contributed by atoms with Gasteiger partial charge in [0.05, 0.1) is 0 Å². The summed E-state index contributed by atoms with van der Waals surface area (Å²) in [5.41, 5.74) is 9.25. The van der Waals surface area contributed by atoms with Gasteiger partial charge < -0.3 is 9.73 Å². The number of nitrogens with one attached hydrogen (secondary N) is 1. The lowest BCUT2D eigenvalue weighted by atomic mass is 9.95. The molecule has 9 aromatic rings. The third kappa shape index (κ3) is 5.17. The van der Waals surface area contributed by atoms with E-state index >= 15 is 0 Å². The van der Waals surface area contributed by atoms with Crippen LogP contribution >= 0.6 is 0 Å². The molecule has 0 fully saturated rings. The van der Waals surface area contributed by atoms with E-state index in [4.69, 9.17) is 14.4 Å². The van der Waals surface area contributed by atoms with E-state index in [-0.39, 0.29) is 6.17 Å². The molecule has 2 heterocycles. The second-order valence-corrected chi connectivity index (χ2v) is 13.0. The maximum atomic E-state index is 6.54. The summed E-state index contributed by atoms with van der Waals surface area (Å²) in [7, 11) is 0. The minimum absolute atomic E-state index is 0.350. The molecule has 0 radical (unpaired) electrons. The Labute approximate surface area is 295 Å². The zero-order chi connectivity index (χ0) is 33.7. The highest BCUT2D eigenvalue weighted by atomic mass is 16.3. The minimum Gasteiger partial charge on any atom is -0.456 e. The quantitative estimate of drug-likeness (QED) is 0.201. The molecule has 1 aliphatic heterocycles. The summed E-state index contributed by atoms with van der Waals surface area (Å²) in [5, 5.41) is 10.5. The number of aliphatic imine (C=N–C) groups is 2. The predicted molar refractivity (Wildman–Crippen MR) is 211 cm³/mol. The highest BCUT2D eigenvalue weighted by Crippen LogP contribution is 2.40. The van der Waals surface area contributed by atoms with E-state index in [1.54, 1.807) is 0 Å². The molecule has 51 heavy (non-hydrogen) atoms. The van der Waals surface area contributed by atoms with Crippen molar-refractivity contribution in [2.45, 2.75) is 6.17 Å². The highest BCUT2D eigenvalue weighted by molar-refractivity contribution is 6.24. The number of hydrogen-bond donors (Lipinski definition) is 1. The van der Waals surface area contributed by atoms with Crippen molar-refractivity contribution in [3.05, 3.63) is 193 Å². The van der Waals surface area contributed by atoms with Crippen LogP contribution in [0.2, 0.25) is 0 Å². The average Bonchev–Trinajstić information content (AvgIpc) is 3.60. The molecule has 1 unspecified atom stereocenters. The number of amidine groups is 2. The van der Waals surface area contributed by atoms with Crippen LogP contribution in [0.3, 0.4) is 0 Å². The van der Waals surface area contributed by atoms with Gasteiger partial charge in [0, 0.05) is 21.9 Å². The lowest BCUT2D eigenvalue weighted by Crippen LogP contribution is -2.33. The van der Waals surface area contributed by atoms with Crippen LogP contribution in [0.1, 0.15) is 22.9 Å². The van der Waals surface area contributed by atoms with Crippen LogP contribution in [-0.2, 0) is 0 Å². The molecule has 1 aromatic heterocycles. The van der Waals surface area contributed by atoms with Crippen LogP contribution in [0.15, 0.2) is 190 Å². The van der Waals surface area contributed by atoms with Crippen molar-refractivity contribution in [2.75, 3.05) is 0 Å². The van der Waals surface area contributed by atoms with E-state index in [1.807, 2.05) is 18.2 Å². The van der Waals surface area contributed by atoms with E-state index in [1.165, 1.54) is 27.3 Å². The first-order valence-electron chi connectivity index (χ1n) is 17.3. The Hall–Kier alpha value is -6.78. The molecule has 0 saturated carbocycles. The maximum Gasteiger partial charge on any atom is 0.160 e. The van der Waals surface area contributed by atoms with Gasteiger partial charge in [-0.15, -0.1) is 0 Å². The standard InChI is InChI=1S/C47H31N3O/c1-2-10-30(11-3-1)33-20-24-34(25-21-33)45-48-46(38-27-23-32-13-5-7-15-36(32)29-38)50-47(49-45)40-17-9-19-42-44(40)43-39(16-8-18-41(43)51-42)37-26-22-31-12-4-6-14-35(31)28-37/h1-29,45H,(H,48,49,50). The molecule has 240 valence electrons. The Bertz CT molecular complexity index is 2830. The Morgan fingerprint density at radius 3 is 1.69 bits per heavy atom. The molecule has 0 aliphatic carbocycles. The minimum atomic E-state index is -0.350. The lowest BCUT2D eigenvalue weighted by Gasteiger charge is -2.24. The zero-order valence-corrected chi connectivity index (χ0v) is 27.6. The summed E-state index contributed by atoms with van der Waals surface area (Å²) < 4.78 is 6.54. The fourth-order valence-electron chi connectivity index (χ4n) is 7.36. The van der Waals surface area contributed by atoms with E-state index < -0.39 is 0 Å².